The second-order valence-corrected chi connectivity index (χ2v) is 6.64. The van der Waals surface area contributed by atoms with Gasteiger partial charge in [-0.05, 0) is 36.3 Å². The van der Waals surface area contributed by atoms with Crippen LogP contribution in [0.1, 0.15) is 26.6 Å². The Kier molecular flexibility index (Phi) is 4.61. The molecule has 0 amide bonds. The summed E-state index contributed by atoms with van der Waals surface area (Å²) in [7, 11) is 1.28. The standard InChI is InChI=1S/C17H13ClN2O4S/c1-8-12-15(22)19-14(20-16(12)25-13(8)17(23)24-2)11(18)7-9-4-3-5-10(21)6-9/h3-7,21H,1-2H3,(H,19,20,22). The van der Waals surface area contributed by atoms with Crippen LogP contribution < -0.4 is 5.56 Å². The first-order chi connectivity index (χ1) is 11.9. The maximum Gasteiger partial charge on any atom is 0.348 e. The minimum atomic E-state index is -0.511. The number of hydrogen-bond donors (Lipinski definition) is 2. The molecule has 8 heteroatoms. The monoisotopic (exact) mass is 376 g/mol. The minimum Gasteiger partial charge on any atom is -0.508 e. The van der Waals surface area contributed by atoms with Crippen molar-refractivity contribution in [2.75, 3.05) is 7.11 Å². The Balaban J connectivity index is 2.12. The molecule has 1 aromatic carbocycles. The number of phenols is 1. The number of halogens is 1. The Hall–Kier alpha value is -2.64. The lowest BCUT2D eigenvalue weighted by atomic mass is 10.2. The van der Waals surface area contributed by atoms with Crippen LogP contribution in [0.3, 0.4) is 0 Å². The topological polar surface area (TPSA) is 92.3 Å². The second kappa shape index (κ2) is 6.70. The van der Waals surface area contributed by atoms with E-state index in [1.54, 1.807) is 31.2 Å². The highest BCUT2D eigenvalue weighted by Crippen LogP contribution is 2.29. The summed E-state index contributed by atoms with van der Waals surface area (Å²) in [5.74, 6) is -0.227. The van der Waals surface area contributed by atoms with Gasteiger partial charge in [-0.25, -0.2) is 9.78 Å². The van der Waals surface area contributed by atoms with Gasteiger partial charge < -0.3 is 14.8 Å². The molecule has 3 rings (SSSR count). The zero-order valence-corrected chi connectivity index (χ0v) is 14.9. The molecule has 6 nitrogen and oxygen atoms in total. The van der Waals surface area contributed by atoms with Gasteiger partial charge in [0.15, 0.2) is 5.82 Å². The van der Waals surface area contributed by atoms with Crippen molar-refractivity contribution in [3.63, 3.8) is 0 Å². The molecule has 0 unspecified atom stereocenters. The first-order valence-corrected chi connectivity index (χ1v) is 8.38. The highest BCUT2D eigenvalue weighted by molar-refractivity contribution is 7.20. The molecule has 0 saturated carbocycles. The largest absolute Gasteiger partial charge is 0.508 e. The number of carbonyl (C=O) groups excluding carboxylic acids is 1. The van der Waals surface area contributed by atoms with Gasteiger partial charge in [0.25, 0.3) is 5.56 Å². The number of esters is 1. The van der Waals surface area contributed by atoms with Gasteiger partial charge in [0.2, 0.25) is 0 Å². The van der Waals surface area contributed by atoms with E-state index >= 15 is 0 Å². The molecular weight excluding hydrogens is 364 g/mol. The Morgan fingerprint density at radius 3 is 2.88 bits per heavy atom. The molecule has 128 valence electrons. The number of benzene rings is 1. The molecule has 0 fully saturated rings. The number of aromatic hydroxyl groups is 1. The van der Waals surface area contributed by atoms with E-state index in [9.17, 15) is 14.7 Å². The van der Waals surface area contributed by atoms with Crippen molar-refractivity contribution in [3.8, 4) is 5.75 Å². The highest BCUT2D eigenvalue weighted by atomic mass is 35.5. The van der Waals surface area contributed by atoms with E-state index in [1.165, 1.54) is 13.2 Å². The zero-order chi connectivity index (χ0) is 18.1. The number of methoxy groups -OCH3 is 1. The van der Waals surface area contributed by atoms with Crippen molar-refractivity contribution in [3.05, 3.63) is 56.4 Å². The molecular formula is C17H13ClN2O4S. The van der Waals surface area contributed by atoms with Crippen LogP contribution in [-0.4, -0.2) is 28.2 Å². The van der Waals surface area contributed by atoms with Gasteiger partial charge in [0.05, 0.1) is 17.5 Å². The molecule has 2 heterocycles. The maximum absolute atomic E-state index is 12.4. The van der Waals surface area contributed by atoms with Crippen LogP contribution in [0, 0.1) is 6.92 Å². The first kappa shape index (κ1) is 17.2. The summed E-state index contributed by atoms with van der Waals surface area (Å²) in [4.78, 5) is 31.9. The van der Waals surface area contributed by atoms with Crippen molar-refractivity contribution >= 4 is 50.2 Å². The number of hydrogen-bond acceptors (Lipinski definition) is 6. The lowest BCUT2D eigenvalue weighted by Crippen LogP contribution is -2.10. The molecule has 0 spiro atoms. The number of phenolic OH excluding ortho intramolecular Hbond substituents is 1. The number of H-pyrrole nitrogens is 1. The summed E-state index contributed by atoms with van der Waals surface area (Å²) in [6.45, 7) is 1.67. The number of nitrogens with one attached hydrogen (secondary N) is 1. The summed E-state index contributed by atoms with van der Waals surface area (Å²) in [6, 6.07) is 6.50. The van der Waals surface area contributed by atoms with Gasteiger partial charge in [-0.15, -0.1) is 11.3 Å². The number of aromatic nitrogens is 2. The van der Waals surface area contributed by atoms with Crippen LogP contribution in [-0.2, 0) is 4.74 Å². The van der Waals surface area contributed by atoms with Crippen LogP contribution in [0.25, 0.3) is 21.3 Å². The fourth-order valence-corrected chi connectivity index (χ4v) is 3.69. The summed E-state index contributed by atoms with van der Waals surface area (Å²) < 4.78 is 4.72. The summed E-state index contributed by atoms with van der Waals surface area (Å²) >= 11 is 7.34. The molecule has 0 bridgehead atoms. The van der Waals surface area contributed by atoms with Gasteiger partial charge in [-0.3, -0.25) is 4.79 Å². The predicted octanol–water partition coefficient (Wildman–Crippen LogP) is 3.52. The second-order valence-electron chi connectivity index (χ2n) is 5.23. The average molecular weight is 377 g/mol. The van der Waals surface area contributed by atoms with E-state index in [0.717, 1.165) is 11.3 Å². The van der Waals surface area contributed by atoms with Gasteiger partial charge in [0, 0.05) is 0 Å². The van der Waals surface area contributed by atoms with Crippen molar-refractivity contribution in [1.29, 1.82) is 0 Å². The molecule has 0 saturated heterocycles. The van der Waals surface area contributed by atoms with Crippen LogP contribution in [0.15, 0.2) is 29.1 Å². The number of aryl methyl sites for hydroxylation is 1. The van der Waals surface area contributed by atoms with E-state index in [-0.39, 0.29) is 22.2 Å². The number of rotatable bonds is 3. The number of aromatic amines is 1. The molecule has 0 atom stereocenters. The number of fused-ring (bicyclic) bond motifs is 1. The van der Waals surface area contributed by atoms with Gasteiger partial charge in [-0.2, -0.15) is 0 Å². The third-order valence-electron chi connectivity index (χ3n) is 3.56. The van der Waals surface area contributed by atoms with E-state index in [4.69, 9.17) is 16.3 Å². The van der Waals surface area contributed by atoms with Crippen molar-refractivity contribution in [2.45, 2.75) is 6.92 Å². The number of nitrogens with zero attached hydrogens (tertiary/aromatic N) is 1. The number of thiophene rings is 1. The molecule has 2 N–H and O–H groups in total. The molecule has 0 aliphatic heterocycles. The van der Waals surface area contributed by atoms with Crippen LogP contribution in [0.2, 0.25) is 0 Å². The third-order valence-corrected chi connectivity index (χ3v) is 5.02. The van der Waals surface area contributed by atoms with Gasteiger partial charge >= 0.3 is 5.97 Å². The van der Waals surface area contributed by atoms with E-state index in [2.05, 4.69) is 9.97 Å². The Morgan fingerprint density at radius 1 is 1.44 bits per heavy atom. The molecule has 0 aliphatic rings. The van der Waals surface area contributed by atoms with Crippen molar-refractivity contribution in [1.82, 2.24) is 9.97 Å². The minimum absolute atomic E-state index is 0.103. The fourth-order valence-electron chi connectivity index (χ4n) is 2.37. The normalized spacial score (nSPS) is 11.7. The molecule has 0 radical (unpaired) electrons. The Bertz CT molecular complexity index is 1070. The zero-order valence-electron chi connectivity index (χ0n) is 13.3. The predicted molar refractivity (Wildman–Crippen MR) is 98.1 cm³/mol. The van der Waals surface area contributed by atoms with E-state index < -0.39 is 5.97 Å². The quantitative estimate of drug-likeness (QED) is 0.682. The molecule has 0 aliphatic carbocycles. The Labute approximate surface area is 151 Å². The van der Waals surface area contributed by atoms with Gasteiger partial charge in [-0.1, -0.05) is 23.7 Å². The van der Waals surface area contributed by atoms with E-state index in [1.807, 2.05) is 0 Å². The number of ether oxygens (including phenoxy) is 1. The van der Waals surface area contributed by atoms with Crippen molar-refractivity contribution in [2.24, 2.45) is 0 Å². The van der Waals surface area contributed by atoms with Gasteiger partial charge in [0.1, 0.15) is 15.5 Å². The molecule has 25 heavy (non-hydrogen) atoms. The maximum atomic E-state index is 12.4. The van der Waals surface area contributed by atoms with E-state index in [0.29, 0.717) is 26.2 Å². The lowest BCUT2D eigenvalue weighted by Gasteiger charge is -2.01. The Morgan fingerprint density at radius 2 is 2.20 bits per heavy atom. The first-order valence-electron chi connectivity index (χ1n) is 7.19. The average Bonchev–Trinajstić information content (AvgIpc) is 2.91. The highest BCUT2D eigenvalue weighted by Gasteiger charge is 2.20. The van der Waals surface area contributed by atoms with Crippen LogP contribution >= 0.6 is 22.9 Å². The smallest absolute Gasteiger partial charge is 0.348 e. The summed E-state index contributed by atoms with van der Waals surface area (Å²) in [6.07, 6.45) is 1.58. The molecule has 3 aromatic rings. The van der Waals surface area contributed by atoms with Crippen LogP contribution in [0.5, 0.6) is 5.75 Å². The van der Waals surface area contributed by atoms with Crippen molar-refractivity contribution < 1.29 is 14.6 Å². The SMILES string of the molecule is COC(=O)c1sc2nc(C(Cl)=Cc3cccc(O)c3)[nH]c(=O)c2c1C. The summed E-state index contributed by atoms with van der Waals surface area (Å²) in [5, 5.41) is 10.1. The molecule has 2 aromatic heterocycles. The van der Waals surface area contributed by atoms with Crippen LogP contribution in [0.4, 0.5) is 0 Å². The fraction of sp³-hybridized carbons (Fsp3) is 0.118. The lowest BCUT2D eigenvalue weighted by molar-refractivity contribution is 0.0605. The summed E-state index contributed by atoms with van der Waals surface area (Å²) in [5.41, 5.74) is 0.803. The third kappa shape index (κ3) is 3.29. The number of carbonyl (C=O) groups is 1.